The topological polar surface area (TPSA) is 59.0 Å². The van der Waals surface area contributed by atoms with Crippen LogP contribution in [0.25, 0.3) is 0 Å². The fourth-order valence-corrected chi connectivity index (χ4v) is 3.10. The average molecular weight is 341 g/mol. The molecular weight excluding hydrogens is 318 g/mol. The van der Waals surface area contributed by atoms with Gasteiger partial charge in [-0.1, -0.05) is 60.7 Å². The molecule has 0 bridgehead atoms. The minimum Gasteiger partial charge on any atom is -0.455 e. The van der Waals surface area contributed by atoms with E-state index in [0.29, 0.717) is 24.3 Å². The highest BCUT2D eigenvalue weighted by Gasteiger charge is 2.44. The van der Waals surface area contributed by atoms with Crippen LogP contribution in [0.2, 0.25) is 0 Å². The van der Waals surface area contributed by atoms with Crippen LogP contribution < -0.4 is 0 Å². The molecule has 132 valence electrons. The Hall–Kier alpha value is -2.21. The van der Waals surface area contributed by atoms with E-state index in [1.54, 1.807) is 48.5 Å². The smallest absolute Gasteiger partial charge is 0.348 e. The third kappa shape index (κ3) is 3.44. The van der Waals surface area contributed by atoms with Crippen molar-refractivity contribution in [2.45, 2.75) is 17.7 Å². The van der Waals surface area contributed by atoms with Crippen LogP contribution in [-0.4, -0.2) is 55.4 Å². The first-order valence-corrected chi connectivity index (χ1v) is 8.32. The summed E-state index contributed by atoms with van der Waals surface area (Å²) in [5, 5.41) is 11.4. The zero-order valence-corrected chi connectivity index (χ0v) is 14.5. The normalized spacial score (nSPS) is 20.6. The van der Waals surface area contributed by atoms with Crippen molar-refractivity contribution in [2.24, 2.45) is 0 Å². The second kappa shape index (κ2) is 7.35. The summed E-state index contributed by atoms with van der Waals surface area (Å²) in [6.45, 7) is 0.828. The molecule has 0 saturated carbocycles. The van der Waals surface area contributed by atoms with E-state index < -0.39 is 17.7 Å². The minimum absolute atomic E-state index is 0.0280. The Bertz CT molecular complexity index is 663. The van der Waals surface area contributed by atoms with Gasteiger partial charge in [-0.2, -0.15) is 0 Å². The van der Waals surface area contributed by atoms with Gasteiger partial charge in [0, 0.05) is 0 Å². The van der Waals surface area contributed by atoms with Crippen molar-refractivity contribution in [3.8, 4) is 0 Å². The van der Waals surface area contributed by atoms with Crippen LogP contribution >= 0.6 is 0 Å². The Labute approximate surface area is 147 Å². The molecule has 5 nitrogen and oxygen atoms in total. The molecule has 25 heavy (non-hydrogen) atoms. The number of hydrogen-bond acceptors (Lipinski definition) is 5. The van der Waals surface area contributed by atoms with Crippen LogP contribution in [0, 0.1) is 0 Å². The van der Waals surface area contributed by atoms with Crippen LogP contribution in [0.15, 0.2) is 60.7 Å². The Balaban J connectivity index is 1.94. The molecule has 2 aromatic carbocycles. The van der Waals surface area contributed by atoms with Crippen LogP contribution in [0.1, 0.15) is 11.1 Å². The van der Waals surface area contributed by atoms with Gasteiger partial charge in [-0.25, -0.2) is 4.79 Å². The lowest BCUT2D eigenvalue weighted by atomic mass is 9.86. The van der Waals surface area contributed by atoms with E-state index in [0.717, 1.165) is 0 Å². The fraction of sp³-hybridized carbons (Fsp3) is 0.350. The van der Waals surface area contributed by atoms with E-state index in [4.69, 9.17) is 9.47 Å². The van der Waals surface area contributed by atoms with Gasteiger partial charge in [0.05, 0.1) is 19.3 Å². The van der Waals surface area contributed by atoms with Crippen LogP contribution in [-0.2, 0) is 19.9 Å². The van der Waals surface area contributed by atoms with Crippen molar-refractivity contribution >= 4 is 5.97 Å². The maximum atomic E-state index is 13.0. The number of rotatable bonds is 5. The third-order valence-electron chi connectivity index (χ3n) is 4.60. The summed E-state index contributed by atoms with van der Waals surface area (Å²) < 4.78 is 11.2. The molecule has 1 aliphatic heterocycles. The molecule has 5 heteroatoms. The number of benzene rings is 2. The van der Waals surface area contributed by atoms with Crippen molar-refractivity contribution in [1.29, 1.82) is 0 Å². The molecule has 1 aliphatic rings. The summed E-state index contributed by atoms with van der Waals surface area (Å²) in [6.07, 6.45) is -0.415. The Morgan fingerprint density at radius 2 is 1.56 bits per heavy atom. The van der Waals surface area contributed by atoms with Gasteiger partial charge in [-0.05, 0) is 25.2 Å². The van der Waals surface area contributed by atoms with E-state index in [1.165, 1.54) is 0 Å². The van der Waals surface area contributed by atoms with Gasteiger partial charge in [0.25, 0.3) is 0 Å². The third-order valence-corrected chi connectivity index (χ3v) is 4.60. The average Bonchev–Trinajstić information content (AvgIpc) is 3.11. The van der Waals surface area contributed by atoms with Crippen molar-refractivity contribution in [3.05, 3.63) is 71.8 Å². The van der Waals surface area contributed by atoms with Gasteiger partial charge in [0.15, 0.2) is 0 Å². The second-order valence-corrected chi connectivity index (χ2v) is 6.45. The van der Waals surface area contributed by atoms with Crippen LogP contribution in [0.4, 0.5) is 0 Å². The SMILES string of the molecule is CN(C)[C@H]1COC[C@@H]1OC(=O)C(O)(c1ccccc1)c1ccccc1. The molecule has 0 aliphatic carbocycles. The molecule has 2 atom stereocenters. The highest BCUT2D eigenvalue weighted by molar-refractivity contribution is 5.85. The highest BCUT2D eigenvalue weighted by atomic mass is 16.6. The first kappa shape index (κ1) is 17.6. The highest BCUT2D eigenvalue weighted by Crippen LogP contribution is 2.32. The molecule has 1 N–H and O–H groups in total. The molecule has 3 rings (SSSR count). The predicted molar refractivity (Wildman–Crippen MR) is 94.1 cm³/mol. The van der Waals surface area contributed by atoms with E-state index in [1.807, 2.05) is 31.1 Å². The van der Waals surface area contributed by atoms with E-state index >= 15 is 0 Å². The van der Waals surface area contributed by atoms with Crippen molar-refractivity contribution in [1.82, 2.24) is 4.90 Å². The summed E-state index contributed by atoms with van der Waals surface area (Å²) in [6, 6.07) is 17.7. The number of hydrogen-bond donors (Lipinski definition) is 1. The molecular formula is C20H23NO4. The number of carbonyl (C=O) groups is 1. The quantitative estimate of drug-likeness (QED) is 0.841. The molecule has 0 aromatic heterocycles. The predicted octanol–water partition coefficient (Wildman–Crippen LogP) is 1.79. The fourth-order valence-electron chi connectivity index (χ4n) is 3.10. The number of nitrogens with zero attached hydrogens (tertiary/aromatic N) is 1. The van der Waals surface area contributed by atoms with E-state index in [2.05, 4.69) is 0 Å². The van der Waals surface area contributed by atoms with E-state index in [9.17, 15) is 9.90 Å². The Morgan fingerprint density at radius 3 is 2.04 bits per heavy atom. The summed E-state index contributed by atoms with van der Waals surface area (Å²) in [4.78, 5) is 15.0. The Morgan fingerprint density at radius 1 is 1.04 bits per heavy atom. The zero-order chi connectivity index (χ0) is 17.9. The summed E-state index contributed by atoms with van der Waals surface area (Å²) in [5.41, 5.74) is -0.903. The van der Waals surface area contributed by atoms with Gasteiger partial charge in [-0.3, -0.25) is 0 Å². The molecule has 0 amide bonds. The lowest BCUT2D eigenvalue weighted by molar-refractivity contribution is -0.169. The van der Waals surface area contributed by atoms with Crippen molar-refractivity contribution in [3.63, 3.8) is 0 Å². The number of likely N-dealkylation sites (N-methyl/N-ethyl adjacent to an activating group) is 1. The van der Waals surface area contributed by atoms with Crippen molar-refractivity contribution in [2.75, 3.05) is 27.3 Å². The second-order valence-electron chi connectivity index (χ2n) is 6.45. The molecule has 1 saturated heterocycles. The Kier molecular flexibility index (Phi) is 5.18. The van der Waals surface area contributed by atoms with Gasteiger partial charge >= 0.3 is 5.97 Å². The molecule has 1 fully saturated rings. The summed E-state index contributed by atoms with van der Waals surface area (Å²) >= 11 is 0. The summed E-state index contributed by atoms with van der Waals surface area (Å²) in [7, 11) is 3.83. The van der Waals surface area contributed by atoms with Crippen LogP contribution in [0.5, 0.6) is 0 Å². The first-order valence-electron chi connectivity index (χ1n) is 8.32. The lowest BCUT2D eigenvalue weighted by Gasteiger charge is -2.31. The maximum Gasteiger partial charge on any atom is 0.348 e. The number of esters is 1. The monoisotopic (exact) mass is 341 g/mol. The summed E-state index contributed by atoms with van der Waals surface area (Å²) in [5.74, 6) is -0.688. The molecule has 0 radical (unpaired) electrons. The van der Waals surface area contributed by atoms with Gasteiger partial charge in [0.2, 0.25) is 5.60 Å². The first-order chi connectivity index (χ1) is 12.0. The van der Waals surface area contributed by atoms with Crippen molar-refractivity contribution < 1.29 is 19.4 Å². The standard InChI is InChI=1S/C20H23NO4/c1-21(2)17-13-24-14-18(17)25-19(22)20(23,15-9-5-3-6-10-15)16-11-7-4-8-12-16/h3-12,17-18,23H,13-14H2,1-2H3/t17-,18-/m0/s1. The number of carbonyl (C=O) groups excluding carboxylic acids is 1. The van der Waals surface area contributed by atoms with Gasteiger partial charge < -0.3 is 19.5 Å². The zero-order valence-electron chi connectivity index (χ0n) is 14.5. The van der Waals surface area contributed by atoms with Gasteiger partial charge in [0.1, 0.15) is 6.10 Å². The minimum atomic E-state index is -1.86. The number of aliphatic hydroxyl groups is 1. The van der Waals surface area contributed by atoms with Gasteiger partial charge in [-0.15, -0.1) is 0 Å². The lowest BCUT2D eigenvalue weighted by Crippen LogP contribution is -2.46. The molecule has 1 heterocycles. The van der Waals surface area contributed by atoms with E-state index in [-0.39, 0.29) is 6.04 Å². The molecule has 0 unspecified atom stereocenters. The largest absolute Gasteiger partial charge is 0.455 e. The molecule has 0 spiro atoms. The maximum absolute atomic E-state index is 13.0. The number of ether oxygens (including phenoxy) is 2. The molecule has 2 aromatic rings. The van der Waals surface area contributed by atoms with Crippen LogP contribution in [0.3, 0.4) is 0 Å².